The van der Waals surface area contributed by atoms with Crippen LogP contribution < -0.4 is 5.32 Å². The highest BCUT2D eigenvalue weighted by atomic mass is 16.2. The second kappa shape index (κ2) is 7.03. The number of amides is 4. The standard InChI is InChI=1S/C18H23N3O3/c1-13(9-10-14-6-3-2-4-7-14)19-16(22)12-21-17(23)15-8-5-11-20(15)18(21)24/h2-4,6-7,13,15H,5,8-12H2,1H3,(H,19,22). The van der Waals surface area contributed by atoms with Crippen molar-refractivity contribution in [1.29, 1.82) is 0 Å². The fraction of sp³-hybridized carbons (Fsp3) is 0.500. The number of aryl methyl sites for hydroxylation is 1. The summed E-state index contributed by atoms with van der Waals surface area (Å²) >= 11 is 0. The molecule has 0 bridgehead atoms. The van der Waals surface area contributed by atoms with Gasteiger partial charge in [-0.15, -0.1) is 0 Å². The van der Waals surface area contributed by atoms with Crippen molar-refractivity contribution >= 4 is 17.8 Å². The van der Waals surface area contributed by atoms with Gasteiger partial charge in [-0.05, 0) is 38.2 Å². The quantitative estimate of drug-likeness (QED) is 0.805. The van der Waals surface area contributed by atoms with E-state index in [0.29, 0.717) is 13.0 Å². The molecule has 0 radical (unpaired) electrons. The number of hydrogen-bond acceptors (Lipinski definition) is 3. The number of imide groups is 1. The molecule has 2 aliphatic heterocycles. The third-order valence-corrected chi connectivity index (χ3v) is 4.70. The number of nitrogens with one attached hydrogen (secondary N) is 1. The molecular weight excluding hydrogens is 306 g/mol. The Morgan fingerprint density at radius 2 is 2.04 bits per heavy atom. The van der Waals surface area contributed by atoms with Gasteiger partial charge in [0.25, 0.3) is 5.91 Å². The minimum absolute atomic E-state index is 0.00896. The normalized spacial score (nSPS) is 21.1. The van der Waals surface area contributed by atoms with Crippen molar-refractivity contribution in [2.24, 2.45) is 0 Å². The Morgan fingerprint density at radius 1 is 1.29 bits per heavy atom. The largest absolute Gasteiger partial charge is 0.352 e. The Bertz CT molecular complexity index is 610. The number of carbonyl (C=O) groups excluding carboxylic acids is 3. The fourth-order valence-corrected chi connectivity index (χ4v) is 3.39. The molecule has 6 nitrogen and oxygen atoms in total. The number of fused-ring (bicyclic) bond motifs is 1. The van der Waals surface area contributed by atoms with Gasteiger partial charge >= 0.3 is 6.03 Å². The van der Waals surface area contributed by atoms with E-state index in [1.807, 2.05) is 25.1 Å². The molecule has 2 heterocycles. The highest BCUT2D eigenvalue weighted by molar-refractivity contribution is 6.06. The van der Waals surface area contributed by atoms with Crippen molar-refractivity contribution in [3.8, 4) is 0 Å². The van der Waals surface area contributed by atoms with E-state index in [2.05, 4.69) is 17.4 Å². The van der Waals surface area contributed by atoms with E-state index in [1.165, 1.54) is 5.56 Å². The fourth-order valence-electron chi connectivity index (χ4n) is 3.39. The van der Waals surface area contributed by atoms with Crippen LogP contribution in [0.1, 0.15) is 31.7 Å². The first-order chi connectivity index (χ1) is 11.6. The lowest BCUT2D eigenvalue weighted by Gasteiger charge is -2.18. The SMILES string of the molecule is CC(CCc1ccccc1)NC(=O)CN1C(=O)C2CCCN2C1=O. The predicted molar refractivity (Wildman–Crippen MR) is 89.2 cm³/mol. The molecule has 6 heteroatoms. The zero-order valence-corrected chi connectivity index (χ0v) is 13.9. The van der Waals surface area contributed by atoms with Crippen LogP contribution in [0.5, 0.6) is 0 Å². The molecule has 0 aromatic heterocycles. The molecule has 2 atom stereocenters. The summed E-state index contributed by atoms with van der Waals surface area (Å²) in [4.78, 5) is 39.2. The molecule has 1 aromatic carbocycles. The Morgan fingerprint density at radius 3 is 2.75 bits per heavy atom. The van der Waals surface area contributed by atoms with Gasteiger partial charge < -0.3 is 10.2 Å². The van der Waals surface area contributed by atoms with Crippen LogP contribution in [-0.2, 0) is 16.0 Å². The molecule has 1 N–H and O–H groups in total. The second-order valence-electron chi connectivity index (χ2n) is 6.55. The summed E-state index contributed by atoms with van der Waals surface area (Å²) in [5, 5.41) is 2.88. The van der Waals surface area contributed by atoms with Gasteiger partial charge in [0.1, 0.15) is 12.6 Å². The molecule has 0 saturated carbocycles. The molecule has 3 rings (SSSR count). The molecule has 24 heavy (non-hydrogen) atoms. The van der Waals surface area contributed by atoms with Crippen LogP contribution in [0, 0.1) is 0 Å². The lowest BCUT2D eigenvalue weighted by atomic mass is 10.1. The van der Waals surface area contributed by atoms with Gasteiger partial charge in [0.05, 0.1) is 0 Å². The average molecular weight is 329 g/mol. The number of benzene rings is 1. The Labute approximate surface area is 141 Å². The summed E-state index contributed by atoms with van der Waals surface area (Å²) < 4.78 is 0. The molecule has 0 aliphatic carbocycles. The van der Waals surface area contributed by atoms with Gasteiger partial charge in [-0.1, -0.05) is 30.3 Å². The number of hydrogen-bond donors (Lipinski definition) is 1. The molecule has 128 valence electrons. The van der Waals surface area contributed by atoms with Crippen LogP contribution in [0.2, 0.25) is 0 Å². The summed E-state index contributed by atoms with van der Waals surface area (Å²) in [6, 6.07) is 9.40. The molecule has 2 fully saturated rings. The van der Waals surface area contributed by atoms with Crippen LogP contribution in [0.4, 0.5) is 4.79 Å². The topological polar surface area (TPSA) is 69.7 Å². The molecule has 0 spiro atoms. The Kier molecular flexibility index (Phi) is 4.83. The number of rotatable bonds is 6. The van der Waals surface area contributed by atoms with Gasteiger partial charge in [-0.25, -0.2) is 4.79 Å². The maximum Gasteiger partial charge on any atom is 0.327 e. The molecule has 2 aliphatic rings. The van der Waals surface area contributed by atoms with Gasteiger partial charge in [0.15, 0.2) is 0 Å². The maximum atomic E-state index is 12.2. The van der Waals surface area contributed by atoms with Gasteiger partial charge in [0.2, 0.25) is 5.91 Å². The number of nitrogens with zero attached hydrogens (tertiary/aromatic N) is 2. The summed E-state index contributed by atoms with van der Waals surface area (Å²) in [7, 11) is 0. The number of urea groups is 1. The first-order valence-electron chi connectivity index (χ1n) is 8.51. The average Bonchev–Trinajstić information content (AvgIpc) is 3.14. The van der Waals surface area contributed by atoms with Crippen molar-refractivity contribution in [1.82, 2.24) is 15.1 Å². The summed E-state index contributed by atoms with van der Waals surface area (Å²) in [5.74, 6) is -0.511. The zero-order valence-electron chi connectivity index (χ0n) is 13.9. The summed E-state index contributed by atoms with van der Waals surface area (Å²) in [6.45, 7) is 2.37. The Hall–Kier alpha value is -2.37. The van der Waals surface area contributed by atoms with Crippen molar-refractivity contribution in [3.05, 3.63) is 35.9 Å². The van der Waals surface area contributed by atoms with Crippen molar-refractivity contribution in [2.45, 2.75) is 44.7 Å². The van der Waals surface area contributed by atoms with E-state index < -0.39 is 0 Å². The van der Waals surface area contributed by atoms with Crippen LogP contribution in [0.15, 0.2) is 30.3 Å². The van der Waals surface area contributed by atoms with E-state index in [0.717, 1.165) is 24.2 Å². The third kappa shape index (κ3) is 3.42. The minimum Gasteiger partial charge on any atom is -0.352 e. The van der Waals surface area contributed by atoms with Crippen molar-refractivity contribution in [2.75, 3.05) is 13.1 Å². The first kappa shape index (κ1) is 16.5. The van der Waals surface area contributed by atoms with Gasteiger partial charge in [-0.2, -0.15) is 0 Å². The second-order valence-corrected chi connectivity index (χ2v) is 6.55. The highest BCUT2D eigenvalue weighted by Gasteiger charge is 2.47. The molecule has 2 saturated heterocycles. The third-order valence-electron chi connectivity index (χ3n) is 4.70. The molecule has 1 aromatic rings. The van der Waals surface area contributed by atoms with Crippen molar-refractivity contribution < 1.29 is 14.4 Å². The molecular formula is C18H23N3O3. The van der Waals surface area contributed by atoms with Crippen LogP contribution in [-0.4, -0.2) is 52.8 Å². The highest BCUT2D eigenvalue weighted by Crippen LogP contribution is 2.26. The van der Waals surface area contributed by atoms with E-state index in [1.54, 1.807) is 4.90 Å². The molecule has 4 amide bonds. The maximum absolute atomic E-state index is 12.2. The number of carbonyl (C=O) groups is 3. The van der Waals surface area contributed by atoms with Gasteiger partial charge in [-0.3, -0.25) is 14.5 Å². The lowest BCUT2D eigenvalue weighted by Crippen LogP contribution is -2.44. The van der Waals surface area contributed by atoms with E-state index in [4.69, 9.17) is 0 Å². The van der Waals surface area contributed by atoms with Crippen LogP contribution in [0.25, 0.3) is 0 Å². The summed E-state index contributed by atoms with van der Waals surface area (Å²) in [5.41, 5.74) is 1.23. The first-order valence-corrected chi connectivity index (χ1v) is 8.51. The monoisotopic (exact) mass is 329 g/mol. The Balaban J connectivity index is 1.47. The van der Waals surface area contributed by atoms with Crippen LogP contribution >= 0.6 is 0 Å². The van der Waals surface area contributed by atoms with Crippen molar-refractivity contribution in [3.63, 3.8) is 0 Å². The smallest absolute Gasteiger partial charge is 0.327 e. The van der Waals surface area contributed by atoms with E-state index in [9.17, 15) is 14.4 Å². The van der Waals surface area contributed by atoms with Gasteiger partial charge in [0, 0.05) is 12.6 Å². The predicted octanol–water partition coefficient (Wildman–Crippen LogP) is 1.55. The van der Waals surface area contributed by atoms with Crippen LogP contribution in [0.3, 0.4) is 0 Å². The zero-order chi connectivity index (χ0) is 17.1. The minimum atomic E-state index is -0.346. The lowest BCUT2D eigenvalue weighted by molar-refractivity contribution is -0.132. The van der Waals surface area contributed by atoms with E-state index in [-0.39, 0.29) is 36.5 Å². The summed E-state index contributed by atoms with van der Waals surface area (Å²) in [6.07, 6.45) is 3.25. The van der Waals surface area contributed by atoms with E-state index >= 15 is 0 Å². The molecule has 2 unspecified atom stereocenters.